The molecule has 1 heterocycles. The van der Waals surface area contributed by atoms with Gasteiger partial charge in [-0.2, -0.15) is 12.6 Å². The Hall–Kier alpha value is -1.63. The van der Waals surface area contributed by atoms with Crippen molar-refractivity contribution >= 4 is 29.9 Å². The van der Waals surface area contributed by atoms with Crippen molar-refractivity contribution in [3.8, 4) is 0 Å². The maximum Gasteiger partial charge on any atom is 0.293 e. The highest BCUT2D eigenvalue weighted by molar-refractivity contribution is 7.80. The van der Waals surface area contributed by atoms with Gasteiger partial charge in [0.05, 0.1) is 4.92 Å². The molecular formula is C11H11FN2O3S. The highest BCUT2D eigenvalue weighted by Gasteiger charge is 2.33. The number of hydrogen-bond acceptors (Lipinski definition) is 4. The largest absolute Gasteiger partial charge is 0.306 e. The Morgan fingerprint density at radius 2 is 2.28 bits per heavy atom. The molecule has 0 aromatic heterocycles. The van der Waals surface area contributed by atoms with E-state index < -0.39 is 10.7 Å². The molecule has 0 saturated carbocycles. The van der Waals surface area contributed by atoms with Gasteiger partial charge in [0, 0.05) is 25.1 Å². The fourth-order valence-corrected chi connectivity index (χ4v) is 2.25. The first-order chi connectivity index (χ1) is 8.52. The molecule has 1 aromatic carbocycles. The lowest BCUT2D eigenvalue weighted by Crippen LogP contribution is -2.25. The zero-order chi connectivity index (χ0) is 13.3. The lowest BCUT2D eigenvalue weighted by molar-refractivity contribution is -0.384. The molecule has 5 nitrogen and oxygen atoms in total. The van der Waals surface area contributed by atoms with Crippen molar-refractivity contribution in [2.45, 2.75) is 6.42 Å². The number of nitro benzene ring substituents is 1. The molecule has 0 bridgehead atoms. The van der Waals surface area contributed by atoms with Gasteiger partial charge in [0.2, 0.25) is 5.91 Å². The predicted molar refractivity (Wildman–Crippen MR) is 67.4 cm³/mol. The number of halogens is 1. The first kappa shape index (κ1) is 12.8. The highest BCUT2D eigenvalue weighted by Crippen LogP contribution is 2.33. The fourth-order valence-electron chi connectivity index (χ4n) is 2.00. The van der Waals surface area contributed by atoms with Crippen molar-refractivity contribution in [2.75, 3.05) is 17.2 Å². The third-order valence-corrected chi connectivity index (χ3v) is 3.40. The maximum atomic E-state index is 13.2. The first-order valence-corrected chi connectivity index (χ1v) is 6.01. The molecule has 1 aliphatic heterocycles. The number of anilines is 1. The average molecular weight is 270 g/mol. The maximum absolute atomic E-state index is 13.2. The van der Waals surface area contributed by atoms with Crippen LogP contribution in [0.25, 0.3) is 0 Å². The number of rotatable bonds is 3. The zero-order valence-electron chi connectivity index (χ0n) is 9.38. The number of thiol groups is 1. The third kappa shape index (κ3) is 2.31. The normalized spacial score (nSPS) is 19.3. The standard InChI is InChI=1S/C11H11FN2O3S/c12-8-1-2-9(14(16)17)10(4-8)13-5-7(6-18)3-11(13)15/h1-2,4,7,18H,3,5-6H2. The molecule has 1 aromatic rings. The van der Waals surface area contributed by atoms with Gasteiger partial charge in [0.15, 0.2) is 0 Å². The predicted octanol–water partition coefficient (Wildman–Crippen LogP) is 2.02. The summed E-state index contributed by atoms with van der Waals surface area (Å²) in [5.74, 6) is -0.269. The molecule has 1 aliphatic rings. The summed E-state index contributed by atoms with van der Waals surface area (Å²) < 4.78 is 13.2. The van der Waals surface area contributed by atoms with E-state index in [1.54, 1.807) is 0 Å². The quantitative estimate of drug-likeness (QED) is 0.519. The molecule has 1 fully saturated rings. The number of nitro groups is 1. The number of nitrogens with zero attached hydrogens (tertiary/aromatic N) is 2. The van der Waals surface area contributed by atoms with Gasteiger partial charge in [-0.15, -0.1) is 0 Å². The minimum absolute atomic E-state index is 0.0225. The van der Waals surface area contributed by atoms with Crippen molar-refractivity contribution in [2.24, 2.45) is 5.92 Å². The monoisotopic (exact) mass is 270 g/mol. The van der Waals surface area contributed by atoms with Crippen LogP contribution in [0.3, 0.4) is 0 Å². The summed E-state index contributed by atoms with van der Waals surface area (Å²) in [7, 11) is 0. The Balaban J connectivity index is 2.41. The molecule has 0 spiro atoms. The van der Waals surface area contributed by atoms with E-state index >= 15 is 0 Å². The van der Waals surface area contributed by atoms with E-state index in [1.165, 1.54) is 4.90 Å². The third-order valence-electron chi connectivity index (χ3n) is 2.89. The van der Waals surface area contributed by atoms with Crippen LogP contribution in [0.15, 0.2) is 18.2 Å². The second-order valence-electron chi connectivity index (χ2n) is 4.15. The summed E-state index contributed by atoms with van der Waals surface area (Å²) in [6, 6.07) is 3.11. The zero-order valence-corrected chi connectivity index (χ0v) is 10.3. The van der Waals surface area contributed by atoms with E-state index in [2.05, 4.69) is 12.6 Å². The van der Waals surface area contributed by atoms with E-state index in [0.717, 1.165) is 18.2 Å². The summed E-state index contributed by atoms with van der Waals surface area (Å²) in [6.07, 6.45) is 0.289. The Morgan fingerprint density at radius 3 is 2.83 bits per heavy atom. The molecule has 0 N–H and O–H groups in total. The van der Waals surface area contributed by atoms with Gasteiger partial charge in [-0.05, 0) is 17.7 Å². The molecule has 18 heavy (non-hydrogen) atoms. The lowest BCUT2D eigenvalue weighted by Gasteiger charge is -2.16. The van der Waals surface area contributed by atoms with Crippen molar-refractivity contribution in [1.29, 1.82) is 0 Å². The van der Waals surface area contributed by atoms with Crippen molar-refractivity contribution in [1.82, 2.24) is 0 Å². The highest BCUT2D eigenvalue weighted by atomic mass is 32.1. The summed E-state index contributed by atoms with van der Waals surface area (Å²) >= 11 is 4.11. The second-order valence-corrected chi connectivity index (χ2v) is 4.51. The van der Waals surface area contributed by atoms with E-state index in [0.29, 0.717) is 12.3 Å². The molecule has 1 unspecified atom stereocenters. The fraction of sp³-hybridized carbons (Fsp3) is 0.364. The van der Waals surface area contributed by atoms with E-state index in [4.69, 9.17) is 0 Å². The van der Waals surface area contributed by atoms with Gasteiger partial charge in [-0.3, -0.25) is 14.9 Å². The molecule has 0 radical (unpaired) electrons. The minimum Gasteiger partial charge on any atom is -0.306 e. The van der Waals surface area contributed by atoms with Crippen LogP contribution in [0, 0.1) is 21.8 Å². The molecular weight excluding hydrogens is 259 g/mol. The number of benzene rings is 1. The van der Waals surface area contributed by atoms with E-state index in [9.17, 15) is 19.3 Å². The Kier molecular flexibility index (Phi) is 3.51. The summed E-state index contributed by atoms with van der Waals surface area (Å²) in [6.45, 7) is 0.340. The SMILES string of the molecule is O=C1CC(CS)CN1c1cc(F)ccc1[N+](=O)[O-]. The molecule has 1 amide bonds. The van der Waals surface area contributed by atoms with Crippen molar-refractivity contribution in [3.05, 3.63) is 34.1 Å². The molecule has 1 saturated heterocycles. The van der Waals surface area contributed by atoms with Crippen LogP contribution in [-0.2, 0) is 4.79 Å². The Morgan fingerprint density at radius 1 is 1.56 bits per heavy atom. The number of hydrogen-bond donors (Lipinski definition) is 1. The molecule has 2 rings (SSSR count). The van der Waals surface area contributed by atoms with Gasteiger partial charge >= 0.3 is 0 Å². The number of carbonyl (C=O) groups excluding carboxylic acids is 1. The van der Waals surface area contributed by atoms with Crippen LogP contribution < -0.4 is 4.90 Å². The summed E-state index contributed by atoms with van der Waals surface area (Å²) in [5, 5.41) is 10.9. The van der Waals surface area contributed by atoms with Crippen LogP contribution in [0.4, 0.5) is 15.8 Å². The summed E-state index contributed by atoms with van der Waals surface area (Å²) in [5.41, 5.74) is -0.237. The van der Waals surface area contributed by atoms with E-state index in [1.807, 2.05) is 0 Å². The lowest BCUT2D eigenvalue weighted by atomic mass is 10.1. The molecule has 0 aliphatic carbocycles. The second kappa shape index (κ2) is 4.93. The molecule has 7 heteroatoms. The van der Waals surface area contributed by atoms with Gasteiger partial charge in [-0.1, -0.05) is 0 Å². The minimum atomic E-state index is -0.615. The van der Waals surface area contributed by atoms with Crippen LogP contribution >= 0.6 is 12.6 Å². The average Bonchev–Trinajstić information content (AvgIpc) is 2.70. The Bertz CT molecular complexity index is 509. The van der Waals surface area contributed by atoms with Crippen LogP contribution in [0.1, 0.15) is 6.42 Å². The molecule has 1 atom stereocenters. The number of carbonyl (C=O) groups is 1. The van der Waals surface area contributed by atoms with Gasteiger partial charge in [0.1, 0.15) is 11.5 Å². The van der Waals surface area contributed by atoms with Crippen LogP contribution in [0.2, 0.25) is 0 Å². The first-order valence-electron chi connectivity index (χ1n) is 5.38. The van der Waals surface area contributed by atoms with Gasteiger partial charge in [-0.25, -0.2) is 4.39 Å². The smallest absolute Gasteiger partial charge is 0.293 e. The van der Waals surface area contributed by atoms with E-state index in [-0.39, 0.29) is 29.6 Å². The van der Waals surface area contributed by atoms with Crippen molar-refractivity contribution in [3.63, 3.8) is 0 Å². The van der Waals surface area contributed by atoms with Crippen molar-refractivity contribution < 1.29 is 14.1 Å². The Labute approximate surface area is 108 Å². The molecule has 96 valence electrons. The topological polar surface area (TPSA) is 63.5 Å². The van der Waals surface area contributed by atoms with Gasteiger partial charge < -0.3 is 4.90 Å². The van der Waals surface area contributed by atoms with Crippen LogP contribution in [-0.4, -0.2) is 23.1 Å². The van der Waals surface area contributed by atoms with Crippen LogP contribution in [0.5, 0.6) is 0 Å². The number of amides is 1. The summed E-state index contributed by atoms with van der Waals surface area (Å²) in [4.78, 5) is 23.3. The van der Waals surface area contributed by atoms with Gasteiger partial charge in [0.25, 0.3) is 5.69 Å².